The van der Waals surface area contributed by atoms with Crippen LogP contribution in [-0.4, -0.2) is 27.0 Å². The first-order valence-corrected chi connectivity index (χ1v) is 9.14. The third-order valence-corrected chi connectivity index (χ3v) is 6.70. The molecular formula is C12H14Br2O3S. The van der Waals surface area contributed by atoms with Crippen molar-refractivity contribution in [3.05, 3.63) is 28.2 Å². The second-order valence-corrected chi connectivity index (χ2v) is 8.58. The van der Waals surface area contributed by atoms with E-state index in [0.29, 0.717) is 6.42 Å². The van der Waals surface area contributed by atoms with Crippen LogP contribution >= 0.6 is 31.9 Å². The Morgan fingerprint density at radius 3 is 2.72 bits per heavy atom. The second-order valence-electron chi connectivity index (χ2n) is 4.45. The molecule has 2 atom stereocenters. The van der Waals surface area contributed by atoms with E-state index < -0.39 is 9.84 Å². The molecule has 0 spiro atoms. The van der Waals surface area contributed by atoms with E-state index in [4.69, 9.17) is 4.74 Å². The molecule has 0 saturated carbocycles. The molecule has 0 aromatic heterocycles. The van der Waals surface area contributed by atoms with Gasteiger partial charge in [-0.15, -0.1) is 0 Å². The van der Waals surface area contributed by atoms with E-state index >= 15 is 0 Å². The van der Waals surface area contributed by atoms with Gasteiger partial charge in [-0.05, 0) is 30.5 Å². The lowest BCUT2D eigenvalue weighted by atomic mass is 9.98. The first-order chi connectivity index (χ1) is 8.43. The van der Waals surface area contributed by atoms with Gasteiger partial charge in [0.2, 0.25) is 0 Å². The van der Waals surface area contributed by atoms with Crippen LogP contribution in [0.5, 0.6) is 5.75 Å². The van der Waals surface area contributed by atoms with Crippen molar-refractivity contribution < 1.29 is 13.2 Å². The highest BCUT2D eigenvalue weighted by Crippen LogP contribution is 2.42. The van der Waals surface area contributed by atoms with Crippen LogP contribution in [0.2, 0.25) is 0 Å². The first-order valence-electron chi connectivity index (χ1n) is 5.61. The van der Waals surface area contributed by atoms with Crippen LogP contribution in [0, 0.1) is 5.92 Å². The minimum absolute atomic E-state index is 0.00206. The summed E-state index contributed by atoms with van der Waals surface area (Å²) in [7, 11) is -1.24. The van der Waals surface area contributed by atoms with Gasteiger partial charge >= 0.3 is 0 Å². The van der Waals surface area contributed by atoms with Crippen molar-refractivity contribution in [3.63, 3.8) is 0 Å². The summed E-state index contributed by atoms with van der Waals surface area (Å²) in [6.45, 7) is 0. The smallest absolute Gasteiger partial charge is 0.150 e. The van der Waals surface area contributed by atoms with E-state index in [1.807, 2.05) is 18.2 Å². The predicted octanol–water partition coefficient (Wildman–Crippen LogP) is 3.33. The molecule has 1 heterocycles. The molecule has 1 aliphatic heterocycles. The van der Waals surface area contributed by atoms with Gasteiger partial charge in [-0.3, -0.25) is 0 Å². The number of benzene rings is 1. The molecule has 3 nitrogen and oxygen atoms in total. The highest BCUT2D eigenvalue weighted by molar-refractivity contribution is 9.10. The summed E-state index contributed by atoms with van der Waals surface area (Å²) in [5.74, 6) is 1.43. The lowest BCUT2D eigenvalue weighted by Gasteiger charge is -2.19. The Hall–Kier alpha value is -0.0700. The van der Waals surface area contributed by atoms with E-state index in [0.717, 1.165) is 15.8 Å². The number of sulfone groups is 1. The Morgan fingerprint density at radius 1 is 1.44 bits per heavy atom. The summed E-state index contributed by atoms with van der Waals surface area (Å²) in [5, 5.41) is 0. The molecule has 2 unspecified atom stereocenters. The van der Waals surface area contributed by atoms with E-state index in [1.54, 1.807) is 7.11 Å². The molecule has 18 heavy (non-hydrogen) atoms. The molecule has 100 valence electrons. The highest BCUT2D eigenvalue weighted by atomic mass is 79.9. The van der Waals surface area contributed by atoms with Crippen molar-refractivity contribution in [1.82, 2.24) is 0 Å². The standard InChI is InChI=1S/C12H14Br2O3S/c1-17-11-3-2-9(13)6-10(11)12(14)8-4-5-18(15,16)7-8/h2-3,6,8,12H,4-5,7H2,1H3. The number of methoxy groups -OCH3 is 1. The molecule has 2 rings (SSSR count). The summed E-state index contributed by atoms with van der Waals surface area (Å²) in [6, 6.07) is 5.77. The number of rotatable bonds is 3. The summed E-state index contributed by atoms with van der Waals surface area (Å²) in [6.07, 6.45) is 0.702. The Morgan fingerprint density at radius 2 is 2.17 bits per heavy atom. The number of hydrogen-bond donors (Lipinski definition) is 0. The van der Waals surface area contributed by atoms with Crippen LogP contribution in [0.4, 0.5) is 0 Å². The van der Waals surface area contributed by atoms with Gasteiger partial charge in [0, 0.05) is 14.9 Å². The summed E-state index contributed by atoms with van der Waals surface area (Å²) < 4.78 is 29.4. The fourth-order valence-electron chi connectivity index (χ4n) is 2.23. The van der Waals surface area contributed by atoms with Gasteiger partial charge in [0.1, 0.15) is 5.75 Å². The molecule has 1 aromatic rings. The third-order valence-electron chi connectivity index (χ3n) is 3.17. The zero-order valence-corrected chi connectivity index (χ0v) is 13.9. The van der Waals surface area contributed by atoms with E-state index in [1.165, 1.54) is 0 Å². The van der Waals surface area contributed by atoms with Gasteiger partial charge in [0.05, 0.1) is 18.6 Å². The normalized spacial score (nSPS) is 23.8. The zero-order valence-electron chi connectivity index (χ0n) is 9.90. The van der Waals surface area contributed by atoms with Crippen molar-refractivity contribution >= 4 is 41.7 Å². The maximum atomic E-state index is 11.5. The molecule has 1 aliphatic rings. The average molecular weight is 398 g/mol. The topological polar surface area (TPSA) is 43.4 Å². The number of alkyl halides is 1. The van der Waals surface area contributed by atoms with Crippen LogP contribution in [0.3, 0.4) is 0 Å². The molecule has 1 fully saturated rings. The van der Waals surface area contributed by atoms with E-state index in [2.05, 4.69) is 31.9 Å². The third kappa shape index (κ3) is 3.08. The fourth-order valence-corrected chi connectivity index (χ4v) is 5.50. The Balaban J connectivity index is 2.28. The van der Waals surface area contributed by atoms with Gasteiger partial charge in [0.15, 0.2) is 9.84 Å². The minimum Gasteiger partial charge on any atom is -0.496 e. The van der Waals surface area contributed by atoms with Crippen molar-refractivity contribution in [1.29, 1.82) is 0 Å². The second kappa shape index (κ2) is 5.51. The molecule has 1 saturated heterocycles. The van der Waals surface area contributed by atoms with Gasteiger partial charge in [-0.2, -0.15) is 0 Å². The van der Waals surface area contributed by atoms with Crippen molar-refractivity contribution in [2.45, 2.75) is 11.2 Å². The van der Waals surface area contributed by atoms with Gasteiger partial charge in [-0.1, -0.05) is 31.9 Å². The summed E-state index contributed by atoms with van der Waals surface area (Å²) >= 11 is 7.06. The van der Waals surface area contributed by atoms with E-state index in [9.17, 15) is 8.42 Å². The molecule has 6 heteroatoms. The average Bonchev–Trinajstić information content (AvgIpc) is 2.68. The largest absolute Gasteiger partial charge is 0.496 e. The maximum Gasteiger partial charge on any atom is 0.150 e. The van der Waals surface area contributed by atoms with Crippen LogP contribution in [0.15, 0.2) is 22.7 Å². The van der Waals surface area contributed by atoms with Crippen LogP contribution < -0.4 is 4.74 Å². The maximum absolute atomic E-state index is 11.5. The summed E-state index contributed by atoms with van der Waals surface area (Å²) in [4.78, 5) is 0.00206. The van der Waals surface area contributed by atoms with Crippen LogP contribution in [0.25, 0.3) is 0 Å². The minimum atomic E-state index is -2.86. The van der Waals surface area contributed by atoms with Crippen LogP contribution in [0.1, 0.15) is 16.8 Å². The Bertz CT molecular complexity index is 542. The first kappa shape index (κ1) is 14.3. The van der Waals surface area contributed by atoms with Gasteiger partial charge < -0.3 is 4.74 Å². The lowest BCUT2D eigenvalue weighted by Crippen LogP contribution is -2.11. The Kier molecular flexibility index (Phi) is 4.39. The number of ether oxygens (including phenoxy) is 1. The molecule has 0 aliphatic carbocycles. The lowest BCUT2D eigenvalue weighted by molar-refractivity contribution is 0.405. The Labute approximate surface area is 124 Å². The van der Waals surface area contributed by atoms with Crippen LogP contribution in [-0.2, 0) is 9.84 Å². The molecular weight excluding hydrogens is 384 g/mol. The predicted molar refractivity (Wildman–Crippen MR) is 79.1 cm³/mol. The monoisotopic (exact) mass is 396 g/mol. The fraction of sp³-hybridized carbons (Fsp3) is 0.500. The van der Waals surface area contributed by atoms with Crippen molar-refractivity contribution in [2.24, 2.45) is 5.92 Å². The molecule has 0 bridgehead atoms. The zero-order chi connectivity index (χ0) is 13.3. The molecule has 0 radical (unpaired) electrons. The molecule has 1 aromatic carbocycles. The van der Waals surface area contributed by atoms with Crippen molar-refractivity contribution in [2.75, 3.05) is 18.6 Å². The number of halogens is 2. The van der Waals surface area contributed by atoms with Crippen molar-refractivity contribution in [3.8, 4) is 5.75 Å². The molecule has 0 amide bonds. The van der Waals surface area contributed by atoms with Gasteiger partial charge in [0.25, 0.3) is 0 Å². The van der Waals surface area contributed by atoms with Gasteiger partial charge in [-0.25, -0.2) is 8.42 Å². The SMILES string of the molecule is COc1ccc(Br)cc1C(Br)C1CCS(=O)(=O)C1. The number of hydrogen-bond acceptors (Lipinski definition) is 3. The quantitative estimate of drug-likeness (QED) is 0.734. The molecule has 0 N–H and O–H groups in total. The highest BCUT2D eigenvalue weighted by Gasteiger charge is 2.34. The summed E-state index contributed by atoms with van der Waals surface area (Å²) in [5.41, 5.74) is 0.994. The van der Waals surface area contributed by atoms with E-state index in [-0.39, 0.29) is 22.3 Å².